The molecule has 0 radical (unpaired) electrons. The summed E-state index contributed by atoms with van der Waals surface area (Å²) in [5, 5.41) is 19.4. The summed E-state index contributed by atoms with van der Waals surface area (Å²) in [5.41, 5.74) is 9.60. The van der Waals surface area contributed by atoms with Crippen molar-refractivity contribution >= 4 is 5.82 Å². The van der Waals surface area contributed by atoms with Gasteiger partial charge in [0.25, 0.3) is 0 Å². The summed E-state index contributed by atoms with van der Waals surface area (Å²) in [5.74, 6) is 0.337. The Balaban J connectivity index is 1.98. The minimum Gasteiger partial charge on any atom is -0.507 e. The first-order valence-electron chi connectivity index (χ1n) is 7.71. The molecule has 4 nitrogen and oxygen atoms in total. The Bertz CT molecular complexity index is 899. The molecule has 3 N–H and O–H groups in total. The monoisotopic (exact) mass is 315 g/mol. The fourth-order valence-electron chi connectivity index (χ4n) is 2.70. The van der Waals surface area contributed by atoms with Crippen molar-refractivity contribution in [3.05, 3.63) is 77.4 Å². The molecule has 0 atom stereocenters. The maximum atomic E-state index is 10.0. The predicted molar refractivity (Wildman–Crippen MR) is 94.3 cm³/mol. The van der Waals surface area contributed by atoms with Gasteiger partial charge < -0.3 is 10.8 Å². The van der Waals surface area contributed by atoms with Gasteiger partial charge in [-0.25, -0.2) is 4.98 Å². The largest absolute Gasteiger partial charge is 0.507 e. The van der Waals surface area contributed by atoms with Crippen LogP contribution in [0.1, 0.15) is 16.7 Å². The van der Waals surface area contributed by atoms with Gasteiger partial charge in [-0.15, -0.1) is 0 Å². The summed E-state index contributed by atoms with van der Waals surface area (Å²) in [6.45, 7) is 0. The molecule has 4 heteroatoms. The average Bonchev–Trinajstić information content (AvgIpc) is 2.61. The zero-order valence-electron chi connectivity index (χ0n) is 13.1. The van der Waals surface area contributed by atoms with Crippen molar-refractivity contribution in [2.24, 2.45) is 0 Å². The molecule has 0 fully saturated rings. The molecule has 0 bridgehead atoms. The van der Waals surface area contributed by atoms with Crippen molar-refractivity contribution in [3.8, 4) is 23.1 Å². The molecule has 0 saturated heterocycles. The molecule has 1 heterocycles. The maximum absolute atomic E-state index is 10.0. The molecule has 118 valence electrons. The van der Waals surface area contributed by atoms with Crippen LogP contribution in [0.3, 0.4) is 0 Å². The van der Waals surface area contributed by atoms with Gasteiger partial charge in [0.1, 0.15) is 17.6 Å². The van der Waals surface area contributed by atoms with Crippen molar-refractivity contribution in [3.63, 3.8) is 0 Å². The van der Waals surface area contributed by atoms with Crippen LogP contribution in [0.15, 0.2) is 60.7 Å². The number of para-hydroxylation sites is 1. The fraction of sp³-hybridized carbons (Fsp3) is 0.100. The van der Waals surface area contributed by atoms with Crippen molar-refractivity contribution in [1.29, 1.82) is 5.26 Å². The van der Waals surface area contributed by atoms with Crippen LogP contribution in [0.5, 0.6) is 5.75 Å². The average molecular weight is 315 g/mol. The van der Waals surface area contributed by atoms with E-state index in [2.05, 4.69) is 23.2 Å². The van der Waals surface area contributed by atoms with Gasteiger partial charge in [0.05, 0.1) is 11.3 Å². The molecule has 0 spiro atoms. The maximum Gasteiger partial charge on any atom is 0.142 e. The number of pyridine rings is 1. The number of aromatic hydroxyl groups is 1. The van der Waals surface area contributed by atoms with E-state index >= 15 is 0 Å². The van der Waals surface area contributed by atoms with E-state index in [0.717, 1.165) is 12.0 Å². The number of nitrogen functional groups attached to an aromatic ring is 1. The van der Waals surface area contributed by atoms with Gasteiger partial charge in [-0.05, 0) is 42.2 Å². The summed E-state index contributed by atoms with van der Waals surface area (Å²) >= 11 is 0. The lowest BCUT2D eigenvalue weighted by molar-refractivity contribution is 0.477. The van der Waals surface area contributed by atoms with Gasteiger partial charge in [-0.3, -0.25) is 0 Å². The Kier molecular flexibility index (Phi) is 4.44. The lowest BCUT2D eigenvalue weighted by Crippen LogP contribution is -2.03. The zero-order chi connectivity index (χ0) is 16.9. The number of phenolic OH excluding ortho intramolecular Hbond substituents is 1. The van der Waals surface area contributed by atoms with E-state index in [-0.39, 0.29) is 11.6 Å². The lowest BCUT2D eigenvalue weighted by atomic mass is 9.98. The van der Waals surface area contributed by atoms with Crippen molar-refractivity contribution in [2.75, 3.05) is 5.73 Å². The molecule has 0 aliphatic heterocycles. The number of hydrogen-bond donors (Lipinski definition) is 2. The Morgan fingerprint density at radius 3 is 2.42 bits per heavy atom. The van der Waals surface area contributed by atoms with Crippen LogP contribution in [0.25, 0.3) is 11.3 Å². The van der Waals surface area contributed by atoms with E-state index in [4.69, 9.17) is 5.73 Å². The first-order chi connectivity index (χ1) is 11.7. The van der Waals surface area contributed by atoms with Gasteiger partial charge in [-0.2, -0.15) is 5.26 Å². The highest BCUT2D eigenvalue weighted by Gasteiger charge is 2.13. The molecular weight excluding hydrogens is 298 g/mol. The van der Waals surface area contributed by atoms with E-state index in [1.807, 2.05) is 30.3 Å². The van der Waals surface area contributed by atoms with Crippen LogP contribution in [-0.2, 0) is 12.8 Å². The first-order valence-corrected chi connectivity index (χ1v) is 7.71. The van der Waals surface area contributed by atoms with E-state index < -0.39 is 0 Å². The number of hydrogen-bond acceptors (Lipinski definition) is 4. The highest BCUT2D eigenvalue weighted by atomic mass is 16.3. The quantitative estimate of drug-likeness (QED) is 0.769. The van der Waals surface area contributed by atoms with Crippen LogP contribution in [-0.4, -0.2) is 10.1 Å². The summed E-state index contributed by atoms with van der Waals surface area (Å²) in [4.78, 5) is 4.29. The number of anilines is 1. The Morgan fingerprint density at radius 2 is 1.71 bits per heavy atom. The number of nitriles is 1. The molecule has 3 rings (SSSR count). The SMILES string of the molecule is N#Cc1c(CCc2ccccc2)cc(-c2ccccc2O)nc1N. The molecule has 0 aliphatic carbocycles. The minimum atomic E-state index is 0.142. The van der Waals surface area contributed by atoms with Gasteiger partial charge in [0, 0.05) is 5.56 Å². The molecule has 0 saturated carbocycles. The Morgan fingerprint density at radius 1 is 1.00 bits per heavy atom. The number of aryl methyl sites for hydroxylation is 2. The van der Waals surface area contributed by atoms with Gasteiger partial charge in [-0.1, -0.05) is 42.5 Å². The molecule has 2 aromatic carbocycles. The van der Waals surface area contributed by atoms with Crippen LogP contribution < -0.4 is 5.73 Å². The first kappa shape index (κ1) is 15.6. The summed E-state index contributed by atoms with van der Waals surface area (Å²) in [7, 11) is 0. The van der Waals surface area contributed by atoms with E-state index in [1.165, 1.54) is 5.56 Å². The highest BCUT2D eigenvalue weighted by Crippen LogP contribution is 2.30. The second-order valence-corrected chi connectivity index (χ2v) is 5.54. The van der Waals surface area contributed by atoms with Crippen LogP contribution in [0, 0.1) is 11.3 Å². The lowest BCUT2D eigenvalue weighted by Gasteiger charge is -2.11. The van der Waals surface area contributed by atoms with Crippen molar-refractivity contribution < 1.29 is 5.11 Å². The van der Waals surface area contributed by atoms with Crippen molar-refractivity contribution in [2.45, 2.75) is 12.8 Å². The van der Waals surface area contributed by atoms with Crippen LogP contribution >= 0.6 is 0 Å². The van der Waals surface area contributed by atoms with Gasteiger partial charge in [0.2, 0.25) is 0 Å². The molecule has 24 heavy (non-hydrogen) atoms. The molecule has 0 aliphatic rings. The number of rotatable bonds is 4. The Labute approximate surface area is 140 Å². The molecule has 3 aromatic rings. The topological polar surface area (TPSA) is 82.9 Å². The van der Waals surface area contributed by atoms with Crippen LogP contribution in [0.2, 0.25) is 0 Å². The van der Waals surface area contributed by atoms with Gasteiger partial charge in [0.15, 0.2) is 0 Å². The third kappa shape index (κ3) is 3.21. The second kappa shape index (κ2) is 6.84. The molecule has 1 aromatic heterocycles. The van der Waals surface area contributed by atoms with E-state index in [1.54, 1.807) is 18.2 Å². The van der Waals surface area contributed by atoms with Crippen LogP contribution in [0.4, 0.5) is 5.82 Å². The number of aromatic nitrogens is 1. The third-order valence-electron chi connectivity index (χ3n) is 3.95. The standard InChI is InChI=1S/C20H17N3O/c21-13-17-15(11-10-14-6-2-1-3-7-14)12-18(23-20(17)22)16-8-4-5-9-19(16)24/h1-9,12,24H,10-11H2,(H2,22,23). The second-order valence-electron chi connectivity index (χ2n) is 5.54. The van der Waals surface area contributed by atoms with Gasteiger partial charge >= 0.3 is 0 Å². The highest BCUT2D eigenvalue weighted by molar-refractivity contribution is 5.70. The number of phenols is 1. The normalized spacial score (nSPS) is 10.3. The Hall–Kier alpha value is -3.32. The number of benzene rings is 2. The summed E-state index contributed by atoms with van der Waals surface area (Å²) < 4.78 is 0. The predicted octanol–water partition coefficient (Wildman–Crippen LogP) is 3.69. The van der Waals surface area contributed by atoms with E-state index in [9.17, 15) is 10.4 Å². The number of nitrogens with zero attached hydrogens (tertiary/aromatic N) is 2. The third-order valence-corrected chi connectivity index (χ3v) is 3.95. The van der Waals surface area contributed by atoms with E-state index in [0.29, 0.717) is 23.2 Å². The summed E-state index contributed by atoms with van der Waals surface area (Å²) in [6.07, 6.45) is 1.49. The molecule has 0 unspecified atom stereocenters. The molecule has 0 amide bonds. The fourth-order valence-corrected chi connectivity index (χ4v) is 2.70. The zero-order valence-corrected chi connectivity index (χ0v) is 13.1. The minimum absolute atomic E-state index is 0.142. The smallest absolute Gasteiger partial charge is 0.142 e. The summed E-state index contributed by atoms with van der Waals surface area (Å²) in [6, 6.07) is 21.0. The van der Waals surface area contributed by atoms with Crippen molar-refractivity contribution in [1.82, 2.24) is 4.98 Å². The molecular formula is C20H17N3O. The number of nitrogens with two attached hydrogens (primary N) is 1.